The Morgan fingerprint density at radius 1 is 1.16 bits per heavy atom. The molecule has 7 nitrogen and oxygen atoms in total. The van der Waals surface area contributed by atoms with Gasteiger partial charge in [-0.2, -0.15) is 4.31 Å². The molecule has 0 amide bonds. The SMILES string of the molecule is O=C(O)CCCCCN([C@@H]1CCS(=O)(=O)C1)S(=O)(=O)c1ccccc1. The quantitative estimate of drug-likeness (QED) is 0.641. The van der Waals surface area contributed by atoms with E-state index in [9.17, 15) is 21.6 Å². The van der Waals surface area contributed by atoms with Gasteiger partial charge in [-0.25, -0.2) is 16.8 Å². The summed E-state index contributed by atoms with van der Waals surface area (Å²) in [6.07, 6.45) is 1.88. The van der Waals surface area contributed by atoms with Gasteiger partial charge in [0.15, 0.2) is 9.84 Å². The van der Waals surface area contributed by atoms with Crippen LogP contribution in [0.2, 0.25) is 0 Å². The van der Waals surface area contributed by atoms with Crippen molar-refractivity contribution in [1.82, 2.24) is 4.31 Å². The minimum atomic E-state index is -3.79. The Morgan fingerprint density at radius 3 is 2.40 bits per heavy atom. The molecule has 1 atom stereocenters. The molecule has 2 rings (SSSR count). The number of sulfonamides is 1. The van der Waals surface area contributed by atoms with E-state index >= 15 is 0 Å². The molecule has 1 aromatic carbocycles. The summed E-state index contributed by atoms with van der Waals surface area (Å²) < 4.78 is 50.7. The van der Waals surface area contributed by atoms with E-state index in [-0.39, 0.29) is 29.4 Å². The predicted octanol–water partition coefficient (Wildman–Crippen LogP) is 1.51. The number of aliphatic carboxylic acids is 1. The first-order chi connectivity index (χ1) is 11.7. The Morgan fingerprint density at radius 2 is 1.84 bits per heavy atom. The molecule has 0 spiro atoms. The zero-order valence-corrected chi connectivity index (χ0v) is 15.5. The highest BCUT2D eigenvalue weighted by molar-refractivity contribution is 7.92. The van der Waals surface area contributed by atoms with Crippen LogP contribution in [0.25, 0.3) is 0 Å². The summed E-state index contributed by atoms with van der Waals surface area (Å²) in [4.78, 5) is 10.7. The van der Waals surface area contributed by atoms with Crippen LogP contribution in [0.3, 0.4) is 0 Å². The summed E-state index contributed by atoms with van der Waals surface area (Å²) in [5.41, 5.74) is 0. The number of unbranched alkanes of at least 4 members (excludes halogenated alkanes) is 2. The Kier molecular flexibility index (Phi) is 6.59. The molecule has 0 aromatic heterocycles. The smallest absolute Gasteiger partial charge is 0.303 e. The molecule has 1 saturated heterocycles. The number of hydrogen-bond acceptors (Lipinski definition) is 5. The van der Waals surface area contributed by atoms with Gasteiger partial charge in [0.1, 0.15) is 0 Å². The van der Waals surface area contributed by atoms with Crippen molar-refractivity contribution in [3.05, 3.63) is 30.3 Å². The van der Waals surface area contributed by atoms with Crippen molar-refractivity contribution >= 4 is 25.8 Å². The summed E-state index contributed by atoms with van der Waals surface area (Å²) in [6, 6.07) is 7.41. The van der Waals surface area contributed by atoms with Gasteiger partial charge in [-0.3, -0.25) is 4.79 Å². The molecule has 0 bridgehead atoms. The third-order valence-electron chi connectivity index (χ3n) is 4.23. The molecule has 0 radical (unpaired) electrons. The third kappa shape index (κ3) is 5.52. The van der Waals surface area contributed by atoms with E-state index in [4.69, 9.17) is 5.11 Å². The molecule has 1 aliphatic rings. The zero-order chi connectivity index (χ0) is 18.5. The number of nitrogens with zero attached hydrogens (tertiary/aromatic N) is 1. The molecule has 25 heavy (non-hydrogen) atoms. The van der Waals surface area contributed by atoms with E-state index in [2.05, 4.69) is 0 Å². The lowest BCUT2D eigenvalue weighted by molar-refractivity contribution is -0.137. The maximum absolute atomic E-state index is 12.9. The van der Waals surface area contributed by atoms with Crippen molar-refractivity contribution in [3.8, 4) is 0 Å². The number of sulfone groups is 1. The second-order valence-corrected chi connectivity index (χ2v) is 10.3. The molecule has 1 aromatic rings. The van der Waals surface area contributed by atoms with Crippen LogP contribution in [-0.4, -0.2) is 56.3 Å². The molecule has 1 N–H and O–H groups in total. The first kappa shape index (κ1) is 19.9. The number of carboxylic acids is 1. The minimum Gasteiger partial charge on any atom is -0.481 e. The number of carboxylic acid groups (broad SMARTS) is 1. The van der Waals surface area contributed by atoms with Gasteiger partial charge in [0.2, 0.25) is 10.0 Å². The first-order valence-corrected chi connectivity index (χ1v) is 11.5. The Bertz CT molecular complexity index is 789. The number of carbonyl (C=O) groups is 1. The first-order valence-electron chi connectivity index (χ1n) is 8.21. The monoisotopic (exact) mass is 389 g/mol. The summed E-state index contributed by atoms with van der Waals surface area (Å²) in [7, 11) is -7.00. The highest BCUT2D eigenvalue weighted by atomic mass is 32.2. The molecule has 9 heteroatoms. The number of hydrogen-bond donors (Lipinski definition) is 1. The molecular weight excluding hydrogens is 366 g/mol. The standard InChI is InChI=1S/C16H23NO6S2/c18-16(19)9-5-2-6-11-17(14-10-12-24(20,21)13-14)25(22,23)15-7-3-1-4-8-15/h1,3-4,7-8,14H,2,5-6,9-13H2,(H,18,19)/t14-/m1/s1. The highest BCUT2D eigenvalue weighted by Gasteiger charge is 2.38. The van der Waals surface area contributed by atoms with Crippen LogP contribution in [0.5, 0.6) is 0 Å². The van der Waals surface area contributed by atoms with Crippen LogP contribution in [0.15, 0.2) is 35.2 Å². The van der Waals surface area contributed by atoms with Crippen LogP contribution in [0.1, 0.15) is 32.1 Å². The third-order valence-corrected chi connectivity index (χ3v) is 7.95. The van der Waals surface area contributed by atoms with E-state index < -0.39 is 31.9 Å². The highest BCUT2D eigenvalue weighted by Crippen LogP contribution is 2.25. The van der Waals surface area contributed by atoms with Gasteiger partial charge in [-0.1, -0.05) is 24.6 Å². The average Bonchev–Trinajstić information content (AvgIpc) is 2.90. The van der Waals surface area contributed by atoms with Gasteiger partial charge in [0.25, 0.3) is 0 Å². The van der Waals surface area contributed by atoms with Crippen molar-refractivity contribution in [2.45, 2.75) is 43.0 Å². The Labute approximate surface area is 148 Å². The molecular formula is C16H23NO6S2. The van der Waals surface area contributed by atoms with Crippen LogP contribution in [0.4, 0.5) is 0 Å². The molecule has 0 saturated carbocycles. The van der Waals surface area contributed by atoms with Crippen molar-refractivity contribution < 1.29 is 26.7 Å². The van der Waals surface area contributed by atoms with E-state index in [1.54, 1.807) is 18.2 Å². The molecule has 1 heterocycles. The lowest BCUT2D eigenvalue weighted by Crippen LogP contribution is -2.41. The van der Waals surface area contributed by atoms with Gasteiger partial charge >= 0.3 is 5.97 Å². The van der Waals surface area contributed by atoms with Crippen LogP contribution >= 0.6 is 0 Å². The van der Waals surface area contributed by atoms with Crippen LogP contribution in [-0.2, 0) is 24.7 Å². The van der Waals surface area contributed by atoms with Gasteiger partial charge in [0.05, 0.1) is 16.4 Å². The lowest BCUT2D eigenvalue weighted by atomic mass is 10.2. The fourth-order valence-corrected chi connectivity index (χ4v) is 6.49. The maximum atomic E-state index is 12.9. The largest absolute Gasteiger partial charge is 0.481 e. The van der Waals surface area contributed by atoms with E-state index in [0.29, 0.717) is 25.7 Å². The van der Waals surface area contributed by atoms with Crippen molar-refractivity contribution in [2.24, 2.45) is 0 Å². The topological polar surface area (TPSA) is 109 Å². The number of rotatable bonds is 9. The molecule has 1 aliphatic heterocycles. The van der Waals surface area contributed by atoms with Crippen LogP contribution < -0.4 is 0 Å². The lowest BCUT2D eigenvalue weighted by Gasteiger charge is -2.27. The fourth-order valence-electron chi connectivity index (χ4n) is 2.95. The second-order valence-electron chi connectivity index (χ2n) is 6.19. The van der Waals surface area contributed by atoms with E-state index in [0.717, 1.165) is 0 Å². The fraction of sp³-hybridized carbons (Fsp3) is 0.562. The molecule has 140 valence electrons. The minimum absolute atomic E-state index is 0.00249. The average molecular weight is 389 g/mol. The summed E-state index contributed by atoms with van der Waals surface area (Å²) in [5, 5.41) is 8.66. The normalized spacial score (nSPS) is 20.0. The van der Waals surface area contributed by atoms with Gasteiger partial charge in [-0.15, -0.1) is 0 Å². The van der Waals surface area contributed by atoms with Crippen LogP contribution in [0, 0.1) is 0 Å². The number of benzene rings is 1. The summed E-state index contributed by atoms with van der Waals surface area (Å²) in [5.74, 6) is -1.04. The maximum Gasteiger partial charge on any atom is 0.303 e. The van der Waals surface area contributed by atoms with Gasteiger partial charge in [-0.05, 0) is 31.4 Å². The molecule has 0 aliphatic carbocycles. The Hall–Kier alpha value is -1.45. The van der Waals surface area contributed by atoms with E-state index in [1.165, 1.54) is 16.4 Å². The summed E-state index contributed by atoms with van der Waals surface area (Å²) in [6.45, 7) is 0.192. The second kappa shape index (κ2) is 8.29. The Balaban J connectivity index is 2.13. The van der Waals surface area contributed by atoms with Gasteiger partial charge < -0.3 is 5.11 Å². The zero-order valence-electron chi connectivity index (χ0n) is 13.9. The van der Waals surface area contributed by atoms with Crippen molar-refractivity contribution in [3.63, 3.8) is 0 Å². The predicted molar refractivity (Wildman–Crippen MR) is 93.5 cm³/mol. The molecule has 1 fully saturated rings. The van der Waals surface area contributed by atoms with Gasteiger partial charge in [0, 0.05) is 19.0 Å². The van der Waals surface area contributed by atoms with Crippen molar-refractivity contribution in [1.29, 1.82) is 0 Å². The van der Waals surface area contributed by atoms with E-state index in [1.807, 2.05) is 0 Å². The van der Waals surface area contributed by atoms with Crippen molar-refractivity contribution in [2.75, 3.05) is 18.1 Å². The molecule has 0 unspecified atom stereocenters. The summed E-state index contributed by atoms with van der Waals surface area (Å²) >= 11 is 0.